The lowest BCUT2D eigenvalue weighted by Crippen LogP contribution is -2.58. The monoisotopic (exact) mass is 472 g/mol. The largest absolute Gasteiger partial charge is 0.463 e. The molecule has 7 unspecified atom stereocenters. The molecule has 0 radical (unpaired) electrons. The number of carbonyl (C=O) groups excluding carboxylic acids is 2. The number of carbonyl (C=O) groups is 2. The molecule has 190 valence electrons. The highest BCUT2D eigenvalue weighted by Crippen LogP contribution is 2.70. The lowest BCUT2D eigenvalue weighted by Gasteiger charge is -2.60. The van der Waals surface area contributed by atoms with Crippen LogP contribution in [-0.2, 0) is 23.8 Å². The van der Waals surface area contributed by atoms with Crippen LogP contribution in [0.15, 0.2) is 0 Å². The van der Waals surface area contributed by atoms with Crippen LogP contribution in [0.3, 0.4) is 0 Å². The van der Waals surface area contributed by atoms with Crippen molar-refractivity contribution in [2.24, 2.45) is 52.3 Å². The molecule has 6 aliphatic rings. The molecule has 0 aromatic carbocycles. The fourth-order valence-corrected chi connectivity index (χ4v) is 10.3. The molecule has 6 fully saturated rings. The zero-order chi connectivity index (χ0) is 24.0. The Morgan fingerprint density at radius 1 is 1.03 bits per heavy atom. The van der Waals surface area contributed by atoms with E-state index in [1.807, 2.05) is 0 Å². The smallest absolute Gasteiger partial charge is 0.302 e. The highest BCUT2D eigenvalue weighted by Gasteiger charge is 2.71. The van der Waals surface area contributed by atoms with Crippen molar-refractivity contribution in [3.8, 4) is 0 Å². The summed E-state index contributed by atoms with van der Waals surface area (Å²) in [5.41, 5.74) is -0.0934. The molecule has 0 aromatic rings. The second-order valence-corrected chi connectivity index (χ2v) is 13.5. The first-order valence-corrected chi connectivity index (χ1v) is 14.1. The fraction of sp³-hybridized carbons (Fsp3) is 0.931. The molecule has 4 aliphatic carbocycles. The van der Waals surface area contributed by atoms with Crippen molar-refractivity contribution in [2.45, 2.75) is 110 Å². The van der Waals surface area contributed by atoms with E-state index in [-0.39, 0.29) is 40.8 Å². The molecule has 1 spiro atoms. The number of hydrogen-bond acceptors (Lipinski definition) is 5. The van der Waals surface area contributed by atoms with Crippen molar-refractivity contribution in [2.75, 3.05) is 6.61 Å². The molecule has 12 atom stereocenters. The van der Waals surface area contributed by atoms with E-state index in [1.165, 1.54) is 19.8 Å². The van der Waals surface area contributed by atoms with Gasteiger partial charge in [-0.2, -0.15) is 0 Å². The van der Waals surface area contributed by atoms with Crippen LogP contribution in [0.4, 0.5) is 0 Å². The summed E-state index contributed by atoms with van der Waals surface area (Å²) in [6, 6.07) is 0. The minimum absolute atomic E-state index is 0.0613. The maximum Gasteiger partial charge on any atom is 0.302 e. The van der Waals surface area contributed by atoms with Gasteiger partial charge in [0.25, 0.3) is 0 Å². The van der Waals surface area contributed by atoms with Crippen LogP contribution in [0, 0.1) is 52.3 Å². The Morgan fingerprint density at radius 3 is 2.53 bits per heavy atom. The molecule has 5 nitrogen and oxygen atoms in total. The van der Waals surface area contributed by atoms with Gasteiger partial charge in [-0.25, -0.2) is 0 Å². The van der Waals surface area contributed by atoms with Gasteiger partial charge in [-0.1, -0.05) is 27.7 Å². The highest BCUT2D eigenvalue weighted by atomic mass is 16.7. The molecule has 0 N–H and O–H groups in total. The third-order valence-electron chi connectivity index (χ3n) is 12.1. The zero-order valence-corrected chi connectivity index (χ0v) is 21.8. The summed E-state index contributed by atoms with van der Waals surface area (Å²) in [5.74, 6) is 3.07. The number of esters is 1. The van der Waals surface area contributed by atoms with Gasteiger partial charge in [0, 0.05) is 37.0 Å². The molecule has 0 aromatic heterocycles. The molecule has 2 heterocycles. The average Bonchev–Trinajstić information content (AvgIpc) is 3.23. The van der Waals surface area contributed by atoms with E-state index in [1.54, 1.807) is 0 Å². The molecule has 5 heteroatoms. The molecule has 34 heavy (non-hydrogen) atoms. The van der Waals surface area contributed by atoms with Gasteiger partial charge in [0.15, 0.2) is 5.79 Å². The van der Waals surface area contributed by atoms with Crippen LogP contribution in [0.2, 0.25) is 0 Å². The lowest BCUT2D eigenvalue weighted by atomic mass is 9.44. The maximum absolute atomic E-state index is 14.1. The molecule has 2 aliphatic heterocycles. The number of ketones is 1. The third kappa shape index (κ3) is 3.11. The van der Waals surface area contributed by atoms with E-state index in [9.17, 15) is 9.59 Å². The number of hydrogen-bond donors (Lipinski definition) is 0. The Labute approximate surface area is 205 Å². The minimum Gasteiger partial charge on any atom is -0.463 e. The second-order valence-electron chi connectivity index (χ2n) is 13.5. The quantitative estimate of drug-likeness (QED) is 0.469. The number of fused-ring (bicyclic) bond motifs is 7. The SMILES string of the molecule is CC(=O)O[C@H]1CC[C@]2(C)C3CC(=O)C4(C)C(CC5OC6(CC[C@@H](C)CO6)[C@@H](C)C54)C3CC[C@H]2C1. The summed E-state index contributed by atoms with van der Waals surface area (Å²) in [5, 5.41) is 0. The molecule has 0 bridgehead atoms. The van der Waals surface area contributed by atoms with Crippen molar-refractivity contribution >= 4 is 11.8 Å². The Morgan fingerprint density at radius 2 is 1.82 bits per heavy atom. The van der Waals surface area contributed by atoms with Crippen molar-refractivity contribution in [3.63, 3.8) is 0 Å². The fourth-order valence-electron chi connectivity index (χ4n) is 10.3. The summed E-state index contributed by atoms with van der Waals surface area (Å²) in [7, 11) is 0. The van der Waals surface area contributed by atoms with Gasteiger partial charge in [-0.05, 0) is 80.0 Å². The topological polar surface area (TPSA) is 61.8 Å². The first kappa shape index (κ1) is 23.5. The van der Waals surface area contributed by atoms with E-state index in [0.717, 1.165) is 51.6 Å². The van der Waals surface area contributed by atoms with Crippen LogP contribution < -0.4 is 0 Å². The Kier molecular flexibility index (Phi) is 5.37. The van der Waals surface area contributed by atoms with Gasteiger partial charge in [0.1, 0.15) is 11.9 Å². The van der Waals surface area contributed by atoms with Crippen LogP contribution in [-0.4, -0.2) is 36.4 Å². The highest BCUT2D eigenvalue weighted by molar-refractivity contribution is 5.87. The lowest BCUT2D eigenvalue weighted by molar-refractivity contribution is -0.272. The molecule has 2 saturated heterocycles. The predicted molar refractivity (Wildman–Crippen MR) is 128 cm³/mol. The maximum atomic E-state index is 14.1. The number of ether oxygens (including phenoxy) is 3. The van der Waals surface area contributed by atoms with Gasteiger partial charge < -0.3 is 14.2 Å². The Hall–Kier alpha value is -0.940. The molecule has 4 saturated carbocycles. The van der Waals surface area contributed by atoms with Gasteiger partial charge in [0.05, 0.1) is 12.7 Å². The molecular formula is C29H44O5. The second kappa shape index (κ2) is 7.78. The zero-order valence-electron chi connectivity index (χ0n) is 21.8. The van der Waals surface area contributed by atoms with Crippen LogP contribution >= 0.6 is 0 Å². The summed E-state index contributed by atoms with van der Waals surface area (Å²) in [6.45, 7) is 11.6. The molecule has 6 rings (SSSR count). The summed E-state index contributed by atoms with van der Waals surface area (Å²) in [4.78, 5) is 25.7. The van der Waals surface area contributed by atoms with Gasteiger partial charge in [-0.15, -0.1) is 0 Å². The standard InChI is InChI=1S/C29H44O5/c1-16-8-11-29(32-15-16)17(2)26-24(34-29)13-23-21-7-6-19-12-20(33-18(3)30)9-10-27(19,4)22(21)14-25(31)28(23,26)5/h16-17,19-24,26H,6-15H2,1-5H3/t16-,17+,19+,20+,21?,22?,23?,24?,26?,27+,28?,29?/m1/s1. The van der Waals surface area contributed by atoms with E-state index in [2.05, 4.69) is 27.7 Å². The van der Waals surface area contributed by atoms with E-state index in [4.69, 9.17) is 14.2 Å². The Bertz CT molecular complexity index is 861. The van der Waals surface area contributed by atoms with E-state index >= 15 is 0 Å². The molecular weight excluding hydrogens is 428 g/mol. The number of rotatable bonds is 1. The van der Waals surface area contributed by atoms with Crippen molar-refractivity contribution < 1.29 is 23.8 Å². The first-order chi connectivity index (χ1) is 16.1. The van der Waals surface area contributed by atoms with Crippen LogP contribution in [0.5, 0.6) is 0 Å². The van der Waals surface area contributed by atoms with E-state index in [0.29, 0.717) is 35.4 Å². The Balaban J connectivity index is 1.25. The van der Waals surface area contributed by atoms with E-state index < -0.39 is 5.79 Å². The summed E-state index contributed by atoms with van der Waals surface area (Å²) >= 11 is 0. The van der Waals surface area contributed by atoms with Gasteiger partial charge in [0.2, 0.25) is 0 Å². The predicted octanol–water partition coefficient (Wildman–Crippen LogP) is 5.54. The third-order valence-corrected chi connectivity index (χ3v) is 12.1. The first-order valence-electron chi connectivity index (χ1n) is 14.1. The average molecular weight is 473 g/mol. The van der Waals surface area contributed by atoms with Crippen molar-refractivity contribution in [1.29, 1.82) is 0 Å². The van der Waals surface area contributed by atoms with Crippen LogP contribution in [0.1, 0.15) is 92.4 Å². The van der Waals surface area contributed by atoms with Crippen molar-refractivity contribution in [1.82, 2.24) is 0 Å². The van der Waals surface area contributed by atoms with Gasteiger partial charge in [-0.3, -0.25) is 9.59 Å². The summed E-state index contributed by atoms with van der Waals surface area (Å²) in [6.07, 6.45) is 9.47. The minimum atomic E-state index is -0.467. The van der Waals surface area contributed by atoms with Crippen molar-refractivity contribution in [3.05, 3.63) is 0 Å². The summed E-state index contributed by atoms with van der Waals surface area (Å²) < 4.78 is 18.8. The normalized spacial score (nSPS) is 56.4. The molecule has 0 amide bonds. The van der Waals surface area contributed by atoms with Gasteiger partial charge >= 0.3 is 5.97 Å². The van der Waals surface area contributed by atoms with Crippen LogP contribution in [0.25, 0.3) is 0 Å². The number of Topliss-reactive ketones (excluding diaryl/α,β-unsaturated/α-hetero) is 1.